The summed E-state index contributed by atoms with van der Waals surface area (Å²) in [6.45, 7) is 9.49. The number of unbranched alkanes of at least 4 members (excludes halogenated alkanes) is 37. The fourth-order valence-corrected chi connectivity index (χ4v) is 8.48. The molecule has 0 saturated heterocycles. The van der Waals surface area contributed by atoms with Gasteiger partial charge >= 0.3 is 0 Å². The van der Waals surface area contributed by atoms with E-state index in [0.29, 0.717) is 6.17 Å². The van der Waals surface area contributed by atoms with Gasteiger partial charge in [0.2, 0.25) is 0 Å². The van der Waals surface area contributed by atoms with Crippen LogP contribution < -0.4 is 0 Å². The van der Waals surface area contributed by atoms with Crippen molar-refractivity contribution in [2.75, 3.05) is 13.1 Å². The van der Waals surface area contributed by atoms with E-state index >= 15 is 0 Å². The van der Waals surface area contributed by atoms with Gasteiger partial charge in [-0.2, -0.15) is 0 Å². The second-order valence-corrected chi connectivity index (χ2v) is 17.1. The normalized spacial score (nSPS) is 14.5. The van der Waals surface area contributed by atoms with E-state index in [1.807, 2.05) is 0 Å². The molecule has 0 aromatic carbocycles. The molecule has 0 aromatic rings. The molecule has 0 bridgehead atoms. The van der Waals surface area contributed by atoms with Gasteiger partial charge in [0.05, 0.1) is 0 Å². The summed E-state index contributed by atoms with van der Waals surface area (Å²) >= 11 is 0. The highest BCUT2D eigenvalue weighted by Crippen LogP contribution is 2.24. The molecule has 2 heteroatoms. The first-order valence-electron chi connectivity index (χ1n) is 24.5. The number of nitrogens with zero attached hydrogens (tertiary/aromatic N) is 2. The quantitative estimate of drug-likeness (QED) is 0.0580. The topological polar surface area (TPSA) is 6.48 Å². The van der Waals surface area contributed by atoms with Crippen molar-refractivity contribution in [1.82, 2.24) is 9.80 Å². The summed E-state index contributed by atoms with van der Waals surface area (Å²) in [4.78, 5) is 5.47. The highest BCUT2D eigenvalue weighted by atomic mass is 15.4. The van der Waals surface area contributed by atoms with E-state index in [-0.39, 0.29) is 0 Å². The first-order valence-corrected chi connectivity index (χ1v) is 24.5. The summed E-state index contributed by atoms with van der Waals surface area (Å²) in [5, 5.41) is 0. The molecule has 0 radical (unpaired) electrons. The van der Waals surface area contributed by atoms with Crippen molar-refractivity contribution in [3.8, 4) is 0 Å². The fraction of sp³-hybridized carbons (Fsp3) is 0.959. The number of hydrogen-bond donors (Lipinski definition) is 0. The van der Waals surface area contributed by atoms with Gasteiger partial charge in [-0.3, -0.25) is 0 Å². The van der Waals surface area contributed by atoms with Gasteiger partial charge in [-0.15, -0.1) is 0 Å². The van der Waals surface area contributed by atoms with Crippen LogP contribution in [0, 0.1) is 0 Å². The van der Waals surface area contributed by atoms with Crippen LogP contribution in [0.15, 0.2) is 12.4 Å². The van der Waals surface area contributed by atoms with E-state index in [2.05, 4.69) is 43.0 Å². The van der Waals surface area contributed by atoms with Crippen LogP contribution in [-0.2, 0) is 0 Å². The summed E-state index contributed by atoms with van der Waals surface area (Å²) < 4.78 is 0. The van der Waals surface area contributed by atoms with Crippen molar-refractivity contribution in [1.29, 1.82) is 0 Å². The van der Waals surface area contributed by atoms with E-state index in [1.165, 1.54) is 276 Å². The SMILES string of the molecule is CCCCCCCCCCCCCCCCCCC1N(CCCCCCCCCC)C=CN1CCCCCCCCCCCCCCCCCC. The lowest BCUT2D eigenvalue weighted by atomic mass is 10.0. The standard InChI is InChI=1S/C49H98N2/c1-4-7-10-13-16-19-21-23-25-27-29-31-33-35-38-41-44-49-50(45-42-39-36-18-15-12-9-6-3)47-48-51(49)46-43-40-37-34-32-30-28-26-24-22-20-17-14-11-8-5-2/h47-49H,4-46H2,1-3H3. The van der Waals surface area contributed by atoms with E-state index in [9.17, 15) is 0 Å². The third-order valence-corrected chi connectivity index (χ3v) is 12.1. The van der Waals surface area contributed by atoms with Crippen LogP contribution in [-0.4, -0.2) is 29.1 Å². The first kappa shape index (κ1) is 48.4. The third-order valence-electron chi connectivity index (χ3n) is 12.1. The molecule has 0 aromatic heterocycles. The van der Waals surface area contributed by atoms with Crippen molar-refractivity contribution in [2.24, 2.45) is 0 Å². The zero-order valence-corrected chi connectivity index (χ0v) is 36.0. The van der Waals surface area contributed by atoms with Gasteiger partial charge in [0, 0.05) is 25.5 Å². The summed E-state index contributed by atoms with van der Waals surface area (Å²) in [6.07, 6.45) is 64.9. The molecule has 0 saturated carbocycles. The Morgan fingerprint density at radius 1 is 0.255 bits per heavy atom. The minimum atomic E-state index is 0.637. The Morgan fingerprint density at radius 2 is 0.451 bits per heavy atom. The van der Waals surface area contributed by atoms with Crippen molar-refractivity contribution in [2.45, 2.75) is 290 Å². The van der Waals surface area contributed by atoms with Crippen LogP contribution >= 0.6 is 0 Å². The molecule has 1 aliphatic heterocycles. The van der Waals surface area contributed by atoms with Crippen LogP contribution in [0.2, 0.25) is 0 Å². The van der Waals surface area contributed by atoms with Gasteiger partial charge in [0.15, 0.2) is 0 Å². The maximum absolute atomic E-state index is 2.74. The summed E-state index contributed by atoms with van der Waals surface area (Å²) in [5.41, 5.74) is 0. The average Bonchev–Trinajstić information content (AvgIpc) is 3.53. The minimum absolute atomic E-state index is 0.637. The Labute approximate surface area is 324 Å². The zero-order valence-electron chi connectivity index (χ0n) is 36.0. The second-order valence-electron chi connectivity index (χ2n) is 17.1. The van der Waals surface area contributed by atoms with Crippen LogP contribution in [0.3, 0.4) is 0 Å². The molecular formula is C49H98N2. The number of rotatable bonds is 43. The lowest BCUT2D eigenvalue weighted by Crippen LogP contribution is -2.39. The molecule has 1 heterocycles. The molecule has 1 aliphatic rings. The molecule has 1 unspecified atom stereocenters. The van der Waals surface area contributed by atoms with Gasteiger partial charge in [-0.05, 0) is 25.7 Å². The van der Waals surface area contributed by atoms with Gasteiger partial charge in [-0.1, -0.05) is 258 Å². The van der Waals surface area contributed by atoms with Gasteiger partial charge in [0.25, 0.3) is 0 Å². The Hall–Kier alpha value is -0.660. The van der Waals surface area contributed by atoms with Crippen molar-refractivity contribution in [3.63, 3.8) is 0 Å². The molecule has 51 heavy (non-hydrogen) atoms. The predicted molar refractivity (Wildman–Crippen MR) is 233 cm³/mol. The van der Waals surface area contributed by atoms with Crippen LogP contribution in [0.1, 0.15) is 284 Å². The molecule has 0 aliphatic carbocycles. The molecule has 1 atom stereocenters. The molecule has 0 N–H and O–H groups in total. The van der Waals surface area contributed by atoms with Gasteiger partial charge in [-0.25, -0.2) is 0 Å². The lowest BCUT2D eigenvalue weighted by molar-refractivity contribution is 0.135. The Kier molecular flexibility index (Phi) is 38.4. The van der Waals surface area contributed by atoms with Gasteiger partial charge in [0.1, 0.15) is 6.17 Å². The Morgan fingerprint density at radius 3 is 0.686 bits per heavy atom. The third kappa shape index (κ3) is 32.5. The van der Waals surface area contributed by atoms with Crippen LogP contribution in [0.25, 0.3) is 0 Å². The zero-order chi connectivity index (χ0) is 36.6. The van der Waals surface area contributed by atoms with E-state index in [0.717, 1.165) is 0 Å². The number of hydrogen-bond acceptors (Lipinski definition) is 2. The smallest absolute Gasteiger partial charge is 0.101 e. The van der Waals surface area contributed by atoms with Crippen LogP contribution in [0.4, 0.5) is 0 Å². The molecule has 0 fully saturated rings. The van der Waals surface area contributed by atoms with E-state index < -0.39 is 0 Å². The van der Waals surface area contributed by atoms with Crippen molar-refractivity contribution >= 4 is 0 Å². The highest BCUT2D eigenvalue weighted by molar-refractivity contribution is 4.97. The molecule has 1 rings (SSSR count). The largest absolute Gasteiger partial charge is 0.356 e. The molecular weight excluding hydrogens is 617 g/mol. The molecule has 2 nitrogen and oxygen atoms in total. The molecule has 0 spiro atoms. The van der Waals surface area contributed by atoms with E-state index in [4.69, 9.17) is 0 Å². The predicted octanol–water partition coefficient (Wildman–Crippen LogP) is 17.5. The maximum atomic E-state index is 2.74. The van der Waals surface area contributed by atoms with Crippen molar-refractivity contribution < 1.29 is 0 Å². The summed E-state index contributed by atoms with van der Waals surface area (Å²) in [7, 11) is 0. The maximum Gasteiger partial charge on any atom is 0.101 e. The lowest BCUT2D eigenvalue weighted by Gasteiger charge is -2.33. The van der Waals surface area contributed by atoms with Crippen molar-refractivity contribution in [3.05, 3.63) is 12.4 Å². The molecule has 0 amide bonds. The minimum Gasteiger partial charge on any atom is -0.356 e. The first-order chi connectivity index (χ1) is 25.3. The summed E-state index contributed by atoms with van der Waals surface area (Å²) in [6, 6.07) is 0. The Bertz CT molecular complexity index is 673. The molecule has 304 valence electrons. The highest BCUT2D eigenvalue weighted by Gasteiger charge is 2.24. The van der Waals surface area contributed by atoms with E-state index in [1.54, 1.807) is 0 Å². The van der Waals surface area contributed by atoms with Gasteiger partial charge < -0.3 is 9.80 Å². The average molecular weight is 715 g/mol. The fourth-order valence-electron chi connectivity index (χ4n) is 8.48. The second kappa shape index (κ2) is 40.5. The monoisotopic (exact) mass is 715 g/mol. The summed E-state index contributed by atoms with van der Waals surface area (Å²) in [5.74, 6) is 0. The Balaban J connectivity index is 2.15. The van der Waals surface area contributed by atoms with Crippen LogP contribution in [0.5, 0.6) is 0 Å².